The number of fused-ring (bicyclic) bond motifs is 1. The zero-order chi connectivity index (χ0) is 21.3. The number of nitrogens with zero attached hydrogens (tertiary/aromatic N) is 1. The SMILES string of the molecule is COc1c(Cl)ccc(-c2cc3[nH]cc(C)c3c(C(=O)OCc3ccccc3)n2)c1F. The maximum atomic E-state index is 15.0. The lowest BCUT2D eigenvalue weighted by atomic mass is 10.1. The van der Waals surface area contributed by atoms with E-state index in [9.17, 15) is 9.18 Å². The molecule has 0 aliphatic carbocycles. The van der Waals surface area contributed by atoms with Gasteiger partial charge in [0, 0.05) is 17.1 Å². The number of nitrogens with one attached hydrogen (secondary N) is 1. The van der Waals surface area contributed by atoms with Crippen LogP contribution in [0, 0.1) is 12.7 Å². The van der Waals surface area contributed by atoms with Gasteiger partial charge in [-0.1, -0.05) is 41.9 Å². The fourth-order valence-electron chi connectivity index (χ4n) is 3.31. The number of halogens is 2. The van der Waals surface area contributed by atoms with Crippen LogP contribution in [0.1, 0.15) is 21.6 Å². The molecular weight excluding hydrogens is 407 g/mol. The van der Waals surface area contributed by atoms with Crippen LogP contribution in [0.2, 0.25) is 5.02 Å². The molecule has 0 radical (unpaired) electrons. The summed E-state index contributed by atoms with van der Waals surface area (Å²) in [4.78, 5) is 20.4. The topological polar surface area (TPSA) is 64.2 Å². The average molecular weight is 425 g/mol. The molecule has 2 heterocycles. The van der Waals surface area contributed by atoms with E-state index in [1.807, 2.05) is 37.3 Å². The third-order valence-corrected chi connectivity index (χ3v) is 5.09. The molecule has 0 aliphatic rings. The van der Waals surface area contributed by atoms with E-state index in [-0.39, 0.29) is 34.3 Å². The van der Waals surface area contributed by atoms with E-state index in [4.69, 9.17) is 21.1 Å². The Morgan fingerprint density at radius 1 is 1.20 bits per heavy atom. The molecule has 0 atom stereocenters. The van der Waals surface area contributed by atoms with Crippen molar-refractivity contribution in [3.8, 4) is 17.0 Å². The van der Waals surface area contributed by atoms with Crippen LogP contribution >= 0.6 is 11.6 Å². The Labute approximate surface area is 177 Å². The second kappa shape index (κ2) is 8.16. The smallest absolute Gasteiger partial charge is 0.358 e. The van der Waals surface area contributed by atoms with Crippen molar-refractivity contribution in [3.63, 3.8) is 0 Å². The Morgan fingerprint density at radius 2 is 1.97 bits per heavy atom. The van der Waals surface area contributed by atoms with E-state index in [1.54, 1.807) is 12.3 Å². The fraction of sp³-hybridized carbons (Fsp3) is 0.130. The summed E-state index contributed by atoms with van der Waals surface area (Å²) in [5.41, 5.74) is 2.90. The first-order chi connectivity index (χ1) is 14.5. The highest BCUT2D eigenvalue weighted by Crippen LogP contribution is 2.36. The van der Waals surface area contributed by atoms with E-state index in [0.29, 0.717) is 10.9 Å². The quantitative estimate of drug-likeness (QED) is 0.417. The lowest BCUT2D eigenvalue weighted by molar-refractivity contribution is 0.0468. The number of H-pyrrole nitrogens is 1. The second-order valence-electron chi connectivity index (χ2n) is 6.75. The highest BCUT2D eigenvalue weighted by molar-refractivity contribution is 6.32. The molecular formula is C23H18ClFN2O3. The van der Waals surface area contributed by atoms with Crippen molar-refractivity contribution in [2.45, 2.75) is 13.5 Å². The van der Waals surface area contributed by atoms with Crippen LogP contribution < -0.4 is 4.74 Å². The first-order valence-electron chi connectivity index (χ1n) is 9.21. The first-order valence-corrected chi connectivity index (χ1v) is 9.59. The summed E-state index contributed by atoms with van der Waals surface area (Å²) in [6, 6.07) is 14.1. The highest BCUT2D eigenvalue weighted by Gasteiger charge is 2.22. The van der Waals surface area contributed by atoms with E-state index in [2.05, 4.69) is 9.97 Å². The van der Waals surface area contributed by atoms with Gasteiger partial charge in [-0.05, 0) is 36.2 Å². The molecule has 2 aromatic carbocycles. The Bertz CT molecular complexity index is 1240. The van der Waals surface area contributed by atoms with Gasteiger partial charge in [0.1, 0.15) is 6.61 Å². The standard InChI is InChI=1S/C23H18ClFN2O3/c1-13-11-26-18-10-17(15-8-9-16(24)22(29-2)20(15)25)27-21(19(13)18)23(28)30-12-14-6-4-3-5-7-14/h3-11,26H,12H2,1-2H3. The molecule has 4 rings (SSSR count). The molecule has 0 spiro atoms. The van der Waals surface area contributed by atoms with Crippen LogP contribution in [0.4, 0.5) is 4.39 Å². The molecule has 30 heavy (non-hydrogen) atoms. The van der Waals surface area contributed by atoms with Gasteiger partial charge in [0.2, 0.25) is 0 Å². The predicted molar refractivity (Wildman–Crippen MR) is 113 cm³/mol. The highest BCUT2D eigenvalue weighted by atomic mass is 35.5. The molecule has 0 unspecified atom stereocenters. The summed E-state index contributed by atoms with van der Waals surface area (Å²) < 4.78 is 25.5. The summed E-state index contributed by atoms with van der Waals surface area (Å²) in [7, 11) is 1.34. The number of esters is 1. The zero-order valence-electron chi connectivity index (χ0n) is 16.3. The number of carbonyl (C=O) groups excluding carboxylic acids is 1. The maximum Gasteiger partial charge on any atom is 0.358 e. The minimum Gasteiger partial charge on any atom is -0.492 e. The number of ether oxygens (including phenoxy) is 2. The minimum atomic E-state index is -0.649. The lowest BCUT2D eigenvalue weighted by Crippen LogP contribution is -2.09. The Balaban J connectivity index is 1.78. The molecule has 4 aromatic rings. The molecule has 7 heteroatoms. The molecule has 0 bridgehead atoms. The van der Waals surface area contributed by atoms with Crippen LogP contribution in [0.3, 0.4) is 0 Å². The first kappa shape index (κ1) is 19.9. The zero-order valence-corrected chi connectivity index (χ0v) is 17.1. The maximum absolute atomic E-state index is 15.0. The molecule has 0 aliphatic heterocycles. The van der Waals surface area contributed by atoms with Crippen LogP contribution in [0.5, 0.6) is 5.75 Å². The lowest BCUT2D eigenvalue weighted by Gasteiger charge is -2.11. The molecule has 1 N–H and O–H groups in total. The minimum absolute atomic E-state index is 0.0769. The van der Waals surface area contributed by atoms with Gasteiger partial charge in [-0.15, -0.1) is 0 Å². The van der Waals surface area contributed by atoms with E-state index < -0.39 is 11.8 Å². The third kappa shape index (κ3) is 3.62. The van der Waals surface area contributed by atoms with Gasteiger partial charge in [-0.25, -0.2) is 14.2 Å². The number of methoxy groups -OCH3 is 1. The summed E-state index contributed by atoms with van der Waals surface area (Å²) in [6.07, 6.45) is 1.77. The Kier molecular flexibility index (Phi) is 5.42. The van der Waals surface area contributed by atoms with Gasteiger partial charge < -0.3 is 14.5 Å². The van der Waals surface area contributed by atoms with Crippen molar-refractivity contribution >= 4 is 28.5 Å². The molecule has 5 nitrogen and oxygen atoms in total. The largest absolute Gasteiger partial charge is 0.492 e. The number of carbonyl (C=O) groups is 1. The molecule has 0 saturated heterocycles. The number of aryl methyl sites for hydroxylation is 1. The van der Waals surface area contributed by atoms with Crippen molar-refractivity contribution in [1.29, 1.82) is 0 Å². The fourth-order valence-corrected chi connectivity index (χ4v) is 3.53. The van der Waals surface area contributed by atoms with E-state index >= 15 is 0 Å². The Hall–Kier alpha value is -3.38. The summed E-state index contributed by atoms with van der Waals surface area (Å²) in [5, 5.41) is 0.788. The van der Waals surface area contributed by atoms with Crippen LogP contribution in [-0.2, 0) is 11.3 Å². The van der Waals surface area contributed by atoms with Gasteiger partial charge in [0.05, 0.1) is 23.3 Å². The van der Waals surface area contributed by atoms with E-state index in [0.717, 1.165) is 11.1 Å². The van der Waals surface area contributed by atoms with Gasteiger partial charge in [-0.2, -0.15) is 0 Å². The number of hydrogen-bond donors (Lipinski definition) is 1. The van der Waals surface area contributed by atoms with Crippen molar-refractivity contribution in [2.24, 2.45) is 0 Å². The van der Waals surface area contributed by atoms with Crippen LogP contribution in [0.15, 0.2) is 54.7 Å². The average Bonchev–Trinajstić information content (AvgIpc) is 3.13. The van der Waals surface area contributed by atoms with Gasteiger partial charge in [0.15, 0.2) is 17.3 Å². The van der Waals surface area contributed by atoms with Crippen molar-refractivity contribution < 1.29 is 18.7 Å². The molecule has 152 valence electrons. The van der Waals surface area contributed by atoms with Crippen molar-refractivity contribution in [1.82, 2.24) is 9.97 Å². The van der Waals surface area contributed by atoms with Crippen molar-refractivity contribution in [3.05, 3.63) is 82.4 Å². The van der Waals surface area contributed by atoms with Gasteiger partial charge in [-0.3, -0.25) is 0 Å². The summed E-state index contributed by atoms with van der Waals surface area (Å²) in [5.74, 6) is -1.31. The number of aromatic nitrogens is 2. The van der Waals surface area contributed by atoms with Crippen LogP contribution in [0.25, 0.3) is 22.2 Å². The normalized spacial score (nSPS) is 10.9. The number of aromatic amines is 1. The van der Waals surface area contributed by atoms with Gasteiger partial charge in [0.25, 0.3) is 0 Å². The molecule has 0 fully saturated rings. The number of rotatable bonds is 5. The molecule has 0 saturated carbocycles. The summed E-state index contributed by atoms with van der Waals surface area (Å²) >= 11 is 6.00. The van der Waals surface area contributed by atoms with Gasteiger partial charge >= 0.3 is 5.97 Å². The predicted octanol–water partition coefficient (Wildman–Crippen LogP) is 5.70. The molecule has 2 aromatic heterocycles. The molecule has 0 amide bonds. The number of benzene rings is 2. The number of pyridine rings is 1. The second-order valence-corrected chi connectivity index (χ2v) is 7.16. The van der Waals surface area contributed by atoms with Crippen molar-refractivity contribution in [2.75, 3.05) is 7.11 Å². The van der Waals surface area contributed by atoms with Crippen LogP contribution in [-0.4, -0.2) is 23.0 Å². The third-order valence-electron chi connectivity index (χ3n) is 4.79. The monoisotopic (exact) mass is 424 g/mol. The summed E-state index contributed by atoms with van der Waals surface area (Å²) in [6.45, 7) is 1.97. The number of hydrogen-bond acceptors (Lipinski definition) is 4. The van der Waals surface area contributed by atoms with E-state index in [1.165, 1.54) is 19.2 Å². The Morgan fingerprint density at radius 3 is 2.70 bits per heavy atom.